The topological polar surface area (TPSA) is 73.1 Å². The third-order valence-electron chi connectivity index (χ3n) is 3.14. The molecular weight excluding hydrogens is 442 g/mol. The molecule has 2 rings (SSSR count). The second-order valence-corrected chi connectivity index (χ2v) is 6.03. The molecule has 2 aromatic rings. The molecule has 1 amide bonds. The maximum atomic E-state index is 12.7. The van der Waals surface area contributed by atoms with E-state index in [2.05, 4.69) is 5.32 Å². The van der Waals surface area contributed by atoms with E-state index in [4.69, 9.17) is 0 Å². The van der Waals surface area contributed by atoms with Crippen LogP contribution in [0.1, 0.15) is 5.56 Å². The molecule has 0 aliphatic rings. The lowest BCUT2D eigenvalue weighted by Gasteiger charge is -2.12. The number of rotatable bonds is 3. The summed E-state index contributed by atoms with van der Waals surface area (Å²) in [6, 6.07) is 4.08. The predicted octanol–water partition coefficient (Wildman–Crippen LogP) is 1.81. The van der Waals surface area contributed by atoms with Crippen molar-refractivity contribution in [3.8, 4) is 0 Å². The fourth-order valence-electron chi connectivity index (χ4n) is 1.88. The van der Waals surface area contributed by atoms with Crippen LogP contribution < -0.4 is 16.6 Å². The molecule has 1 aromatic carbocycles. The molecule has 0 saturated carbocycles. The Morgan fingerprint density at radius 1 is 1.25 bits per heavy atom. The van der Waals surface area contributed by atoms with Crippen molar-refractivity contribution in [3.63, 3.8) is 0 Å². The molecule has 0 unspecified atom stereocenters. The van der Waals surface area contributed by atoms with Crippen LogP contribution in [0, 0.1) is 3.57 Å². The highest BCUT2D eigenvalue weighted by Gasteiger charge is 2.31. The van der Waals surface area contributed by atoms with Crippen LogP contribution in [0.25, 0.3) is 0 Å². The number of nitrogens with one attached hydrogen (secondary N) is 1. The molecule has 1 heterocycles. The van der Waals surface area contributed by atoms with Crippen molar-refractivity contribution in [1.82, 2.24) is 9.13 Å². The van der Waals surface area contributed by atoms with Gasteiger partial charge in [-0.2, -0.15) is 13.2 Å². The number of hydrogen-bond donors (Lipinski definition) is 1. The lowest BCUT2D eigenvalue weighted by molar-refractivity contribution is -0.137. The van der Waals surface area contributed by atoms with Gasteiger partial charge in [0.05, 0.1) is 11.3 Å². The zero-order chi connectivity index (χ0) is 18.1. The average molecular weight is 453 g/mol. The Labute approximate surface area is 147 Å². The number of aromatic nitrogens is 2. The summed E-state index contributed by atoms with van der Waals surface area (Å²) < 4.78 is 40.4. The van der Waals surface area contributed by atoms with Gasteiger partial charge in [-0.25, -0.2) is 4.79 Å². The van der Waals surface area contributed by atoms with Crippen molar-refractivity contribution in [1.29, 1.82) is 0 Å². The molecule has 1 aromatic heterocycles. The molecule has 0 aliphatic heterocycles. The van der Waals surface area contributed by atoms with Gasteiger partial charge in [0.2, 0.25) is 5.91 Å². The largest absolute Gasteiger partial charge is 0.416 e. The zero-order valence-electron chi connectivity index (χ0n) is 12.2. The monoisotopic (exact) mass is 453 g/mol. The van der Waals surface area contributed by atoms with Crippen molar-refractivity contribution in [3.05, 3.63) is 60.4 Å². The first kappa shape index (κ1) is 18.2. The Kier molecular flexibility index (Phi) is 5.16. The highest BCUT2D eigenvalue weighted by Crippen LogP contribution is 2.32. The summed E-state index contributed by atoms with van der Waals surface area (Å²) in [5.41, 5.74) is -2.12. The van der Waals surface area contributed by atoms with Gasteiger partial charge in [-0.05, 0) is 40.8 Å². The van der Waals surface area contributed by atoms with Gasteiger partial charge in [-0.15, -0.1) is 0 Å². The maximum Gasteiger partial charge on any atom is 0.416 e. The minimum Gasteiger partial charge on any atom is -0.324 e. The Morgan fingerprint density at radius 3 is 2.54 bits per heavy atom. The van der Waals surface area contributed by atoms with E-state index in [1.807, 2.05) is 0 Å². The highest BCUT2D eigenvalue weighted by atomic mass is 127. The molecule has 1 N–H and O–H groups in total. The summed E-state index contributed by atoms with van der Waals surface area (Å²) >= 11 is 1.79. The fourth-order valence-corrected chi connectivity index (χ4v) is 2.35. The van der Waals surface area contributed by atoms with Gasteiger partial charge in [0.1, 0.15) is 6.54 Å². The molecule has 0 atom stereocenters. The van der Waals surface area contributed by atoms with Crippen LogP contribution in [0.2, 0.25) is 0 Å². The van der Waals surface area contributed by atoms with Crippen LogP contribution >= 0.6 is 22.6 Å². The van der Waals surface area contributed by atoms with Gasteiger partial charge < -0.3 is 5.32 Å². The maximum absolute atomic E-state index is 12.7. The Hall–Kier alpha value is -2.11. The standard InChI is InChI=1S/C14H11F3IN3O3/c1-20-12(23)4-5-21(13(20)24)7-11(22)19-10-6-8(14(15,16)17)2-3-9(10)18/h2-6H,7H2,1H3,(H,19,22). The number of hydrogen-bond acceptors (Lipinski definition) is 3. The SMILES string of the molecule is Cn1c(=O)ccn(CC(=O)Nc2cc(C(F)(F)F)ccc2I)c1=O. The van der Waals surface area contributed by atoms with Crippen LogP contribution in [0.5, 0.6) is 0 Å². The molecular formula is C14H11F3IN3O3. The van der Waals surface area contributed by atoms with Crippen molar-refractivity contribution < 1.29 is 18.0 Å². The first-order valence-corrected chi connectivity index (χ1v) is 7.60. The Morgan fingerprint density at radius 2 is 1.92 bits per heavy atom. The van der Waals surface area contributed by atoms with Crippen LogP contribution in [-0.4, -0.2) is 15.0 Å². The Balaban J connectivity index is 2.23. The van der Waals surface area contributed by atoms with E-state index in [0.29, 0.717) is 3.57 Å². The third-order valence-corrected chi connectivity index (χ3v) is 4.08. The van der Waals surface area contributed by atoms with Gasteiger partial charge in [-0.1, -0.05) is 0 Å². The molecule has 0 aliphatic carbocycles. The van der Waals surface area contributed by atoms with Crippen LogP contribution in [0.15, 0.2) is 40.1 Å². The van der Waals surface area contributed by atoms with Crippen LogP contribution in [0.3, 0.4) is 0 Å². The lowest BCUT2D eigenvalue weighted by Crippen LogP contribution is -2.39. The van der Waals surface area contributed by atoms with Crippen molar-refractivity contribution in [2.75, 3.05) is 5.32 Å². The molecule has 0 bridgehead atoms. The van der Waals surface area contributed by atoms with E-state index >= 15 is 0 Å². The second kappa shape index (κ2) is 6.79. The predicted molar refractivity (Wildman–Crippen MR) is 88.7 cm³/mol. The summed E-state index contributed by atoms with van der Waals surface area (Å²) in [5, 5.41) is 2.34. The molecule has 0 radical (unpaired) electrons. The number of amides is 1. The molecule has 0 fully saturated rings. The quantitative estimate of drug-likeness (QED) is 0.721. The smallest absolute Gasteiger partial charge is 0.324 e. The van der Waals surface area contributed by atoms with E-state index in [9.17, 15) is 27.6 Å². The minimum atomic E-state index is -4.53. The van der Waals surface area contributed by atoms with E-state index in [0.717, 1.165) is 33.5 Å². The van der Waals surface area contributed by atoms with Gasteiger partial charge in [0.25, 0.3) is 5.56 Å². The van der Waals surface area contributed by atoms with Crippen molar-refractivity contribution in [2.24, 2.45) is 7.05 Å². The van der Waals surface area contributed by atoms with Crippen molar-refractivity contribution in [2.45, 2.75) is 12.7 Å². The number of halogens is 4. The van der Waals surface area contributed by atoms with E-state index < -0.39 is 35.4 Å². The molecule has 0 saturated heterocycles. The lowest BCUT2D eigenvalue weighted by atomic mass is 10.2. The van der Waals surface area contributed by atoms with Crippen molar-refractivity contribution >= 4 is 34.2 Å². The number of benzene rings is 1. The minimum absolute atomic E-state index is 0.00621. The average Bonchev–Trinajstić information content (AvgIpc) is 2.49. The van der Waals surface area contributed by atoms with E-state index in [-0.39, 0.29) is 5.69 Å². The third kappa shape index (κ3) is 4.04. The number of nitrogens with zero attached hydrogens (tertiary/aromatic N) is 2. The first-order valence-electron chi connectivity index (χ1n) is 6.52. The van der Waals surface area contributed by atoms with E-state index in [1.165, 1.54) is 13.1 Å². The van der Waals surface area contributed by atoms with Gasteiger partial charge in [0, 0.05) is 22.9 Å². The second-order valence-electron chi connectivity index (χ2n) is 4.86. The molecule has 10 heteroatoms. The van der Waals surface area contributed by atoms with Gasteiger partial charge in [-0.3, -0.25) is 18.7 Å². The van der Waals surface area contributed by atoms with Gasteiger partial charge >= 0.3 is 11.9 Å². The number of carbonyl (C=O) groups is 1. The number of alkyl halides is 3. The number of carbonyl (C=O) groups excluding carboxylic acids is 1. The summed E-state index contributed by atoms with van der Waals surface area (Å²) in [4.78, 5) is 35.1. The zero-order valence-corrected chi connectivity index (χ0v) is 14.4. The molecule has 128 valence electrons. The normalized spacial score (nSPS) is 11.4. The Bertz CT molecular complexity index is 903. The molecule has 0 spiro atoms. The highest BCUT2D eigenvalue weighted by molar-refractivity contribution is 14.1. The number of anilines is 1. The summed E-state index contributed by atoms with van der Waals surface area (Å²) in [6.45, 7) is -0.431. The summed E-state index contributed by atoms with van der Waals surface area (Å²) in [5.74, 6) is -0.687. The fraction of sp³-hybridized carbons (Fsp3) is 0.214. The van der Waals surface area contributed by atoms with Gasteiger partial charge in [0.15, 0.2) is 0 Å². The van der Waals surface area contributed by atoms with Crippen LogP contribution in [0.4, 0.5) is 18.9 Å². The summed E-state index contributed by atoms with van der Waals surface area (Å²) in [7, 11) is 1.26. The van der Waals surface area contributed by atoms with E-state index in [1.54, 1.807) is 22.6 Å². The molecule has 24 heavy (non-hydrogen) atoms. The first-order chi connectivity index (χ1) is 11.1. The van der Waals surface area contributed by atoms with Crippen LogP contribution in [-0.2, 0) is 24.6 Å². The summed E-state index contributed by atoms with van der Waals surface area (Å²) in [6.07, 6.45) is -3.38. The molecule has 6 nitrogen and oxygen atoms in total.